The Kier molecular flexibility index (Phi) is 4.02. The molecule has 0 aromatic heterocycles. The molecule has 1 amide bonds. The number of amides is 1. The van der Waals surface area contributed by atoms with E-state index in [-0.39, 0.29) is 11.3 Å². The second-order valence-corrected chi connectivity index (χ2v) is 4.95. The lowest BCUT2D eigenvalue weighted by molar-refractivity contribution is -0.138. The average molecular weight is 314 g/mol. The third-order valence-electron chi connectivity index (χ3n) is 3.64. The van der Waals surface area contributed by atoms with Crippen LogP contribution in [-0.4, -0.2) is 30.0 Å². The first-order valence-corrected chi connectivity index (χ1v) is 6.44. The maximum Gasteiger partial charge on any atom is 0.418 e. The van der Waals surface area contributed by atoms with Crippen molar-refractivity contribution in [2.24, 2.45) is 0 Å². The predicted octanol–water partition coefficient (Wildman–Crippen LogP) is 2.59. The highest BCUT2D eigenvalue weighted by Crippen LogP contribution is 2.40. The third-order valence-corrected chi connectivity index (χ3v) is 3.64. The molecule has 1 aliphatic rings. The molecule has 1 fully saturated rings. The summed E-state index contributed by atoms with van der Waals surface area (Å²) in [5, 5.41) is 18.2. The van der Waals surface area contributed by atoms with Gasteiger partial charge in [-0.05, 0) is 31.5 Å². The molecule has 1 aliphatic heterocycles. The number of halogens is 3. The molecule has 2 atom stereocenters. The first-order valence-electron chi connectivity index (χ1n) is 6.44. The number of nitriles is 1. The van der Waals surface area contributed by atoms with Gasteiger partial charge in [0.25, 0.3) is 0 Å². The van der Waals surface area contributed by atoms with E-state index in [1.807, 2.05) is 0 Å². The summed E-state index contributed by atoms with van der Waals surface area (Å²) in [7, 11) is 0. The van der Waals surface area contributed by atoms with Crippen LogP contribution in [0.4, 0.5) is 23.7 Å². The Morgan fingerprint density at radius 1 is 1.45 bits per heavy atom. The maximum absolute atomic E-state index is 13.2. The van der Waals surface area contributed by atoms with Crippen molar-refractivity contribution in [3.8, 4) is 6.07 Å². The molecular weight excluding hydrogens is 301 g/mol. The summed E-state index contributed by atoms with van der Waals surface area (Å²) in [5.74, 6) is 0. The van der Waals surface area contributed by atoms with Crippen molar-refractivity contribution in [3.05, 3.63) is 28.8 Å². The van der Waals surface area contributed by atoms with Gasteiger partial charge in [-0.1, -0.05) is 0 Å². The number of nitrogens with zero attached hydrogens (tertiary/aromatic N) is 2. The standard InChI is InChI=1S/C14H13F3N2O3/c1-7-10(19-11(6-20)8(2)22-13(19)21)4-3-9(5-18)12(7)14(15,16)17/h3-4,8,11,20H,6H2,1-2H3/t8-,11-/m0/s1. The highest BCUT2D eigenvalue weighted by molar-refractivity contribution is 5.92. The van der Waals surface area contributed by atoms with E-state index in [4.69, 9.17) is 10.00 Å². The summed E-state index contributed by atoms with van der Waals surface area (Å²) in [6, 6.07) is 2.99. The topological polar surface area (TPSA) is 73.6 Å². The number of rotatable bonds is 2. The lowest BCUT2D eigenvalue weighted by Crippen LogP contribution is -2.39. The van der Waals surface area contributed by atoms with Crippen molar-refractivity contribution in [1.82, 2.24) is 0 Å². The number of aliphatic hydroxyl groups excluding tert-OH is 1. The van der Waals surface area contributed by atoms with Crippen molar-refractivity contribution in [3.63, 3.8) is 0 Å². The Bertz CT molecular complexity index is 652. The van der Waals surface area contributed by atoms with E-state index in [9.17, 15) is 23.1 Å². The maximum atomic E-state index is 13.2. The van der Waals surface area contributed by atoms with E-state index in [2.05, 4.69) is 0 Å². The molecule has 118 valence electrons. The van der Waals surface area contributed by atoms with Gasteiger partial charge in [-0.3, -0.25) is 4.90 Å². The molecule has 0 saturated carbocycles. The van der Waals surface area contributed by atoms with Gasteiger partial charge in [-0.25, -0.2) is 4.79 Å². The largest absolute Gasteiger partial charge is 0.444 e. The first-order chi connectivity index (χ1) is 10.2. The first kappa shape index (κ1) is 16.1. The van der Waals surface area contributed by atoms with E-state index in [1.165, 1.54) is 19.1 Å². The number of aliphatic hydroxyl groups is 1. The number of hydrogen-bond acceptors (Lipinski definition) is 4. The molecule has 1 aromatic rings. The molecule has 0 unspecified atom stereocenters. The van der Waals surface area contributed by atoms with Gasteiger partial charge < -0.3 is 9.84 Å². The zero-order valence-corrected chi connectivity index (χ0v) is 11.8. The zero-order chi connectivity index (χ0) is 16.7. The lowest BCUT2D eigenvalue weighted by Gasteiger charge is -2.25. The average Bonchev–Trinajstić information content (AvgIpc) is 2.70. The van der Waals surface area contributed by atoms with Crippen LogP contribution >= 0.6 is 0 Å². The lowest BCUT2D eigenvalue weighted by atomic mass is 9.99. The quantitative estimate of drug-likeness (QED) is 0.910. The van der Waals surface area contributed by atoms with Gasteiger partial charge in [-0.2, -0.15) is 18.4 Å². The fourth-order valence-electron chi connectivity index (χ4n) is 2.57. The molecular formula is C14H13F3N2O3. The third kappa shape index (κ3) is 2.48. The second kappa shape index (κ2) is 5.50. The van der Waals surface area contributed by atoms with Crippen LogP contribution in [0.1, 0.15) is 23.6 Å². The predicted molar refractivity (Wildman–Crippen MR) is 70.2 cm³/mol. The summed E-state index contributed by atoms with van der Waals surface area (Å²) in [6.45, 7) is 2.28. The van der Waals surface area contributed by atoms with E-state index in [1.54, 1.807) is 6.92 Å². The van der Waals surface area contributed by atoms with Gasteiger partial charge in [0.1, 0.15) is 12.1 Å². The Morgan fingerprint density at radius 2 is 2.09 bits per heavy atom. The van der Waals surface area contributed by atoms with Gasteiger partial charge in [0.2, 0.25) is 0 Å². The van der Waals surface area contributed by atoms with E-state index in [0.29, 0.717) is 0 Å². The van der Waals surface area contributed by atoms with Crippen molar-refractivity contribution < 1.29 is 27.8 Å². The highest BCUT2D eigenvalue weighted by atomic mass is 19.4. The zero-order valence-electron chi connectivity index (χ0n) is 11.8. The molecule has 1 heterocycles. The van der Waals surface area contributed by atoms with Crippen LogP contribution in [0.3, 0.4) is 0 Å². The van der Waals surface area contributed by atoms with Crippen LogP contribution < -0.4 is 4.90 Å². The van der Waals surface area contributed by atoms with Gasteiger partial charge >= 0.3 is 12.3 Å². The minimum absolute atomic E-state index is 0.0280. The van der Waals surface area contributed by atoms with Crippen molar-refractivity contribution in [1.29, 1.82) is 5.26 Å². The van der Waals surface area contributed by atoms with Crippen LogP contribution in [-0.2, 0) is 10.9 Å². The highest BCUT2D eigenvalue weighted by Gasteiger charge is 2.43. The summed E-state index contributed by atoms with van der Waals surface area (Å²) in [6.07, 6.45) is -6.20. The second-order valence-electron chi connectivity index (χ2n) is 4.95. The van der Waals surface area contributed by atoms with E-state index >= 15 is 0 Å². The summed E-state index contributed by atoms with van der Waals surface area (Å²) in [4.78, 5) is 12.9. The van der Waals surface area contributed by atoms with Crippen molar-refractivity contribution >= 4 is 11.8 Å². The molecule has 0 bridgehead atoms. The normalized spacial score (nSPS) is 21.7. The summed E-state index contributed by atoms with van der Waals surface area (Å²) in [5.41, 5.74) is -1.89. The number of anilines is 1. The summed E-state index contributed by atoms with van der Waals surface area (Å²) >= 11 is 0. The van der Waals surface area contributed by atoms with Crippen LogP contribution in [0.15, 0.2) is 12.1 Å². The molecule has 5 nitrogen and oxygen atoms in total. The van der Waals surface area contributed by atoms with Crippen LogP contribution in [0.2, 0.25) is 0 Å². The monoisotopic (exact) mass is 314 g/mol. The summed E-state index contributed by atoms with van der Waals surface area (Å²) < 4.78 is 44.5. The minimum Gasteiger partial charge on any atom is -0.444 e. The van der Waals surface area contributed by atoms with E-state index < -0.39 is 42.1 Å². The molecule has 1 N–H and O–H groups in total. The van der Waals surface area contributed by atoms with Crippen LogP contribution in [0.25, 0.3) is 0 Å². The molecule has 8 heteroatoms. The molecule has 1 saturated heterocycles. The van der Waals surface area contributed by atoms with Crippen LogP contribution in [0.5, 0.6) is 0 Å². The smallest absolute Gasteiger partial charge is 0.418 e. The Labute approximate surface area is 124 Å². The number of ether oxygens (including phenoxy) is 1. The molecule has 0 spiro atoms. The number of benzene rings is 1. The number of hydrogen-bond donors (Lipinski definition) is 1. The van der Waals surface area contributed by atoms with Gasteiger partial charge in [0, 0.05) is 0 Å². The molecule has 2 rings (SSSR count). The molecule has 0 radical (unpaired) electrons. The Morgan fingerprint density at radius 3 is 2.59 bits per heavy atom. The number of cyclic esters (lactones) is 1. The molecule has 1 aromatic carbocycles. The Hall–Kier alpha value is -2.27. The van der Waals surface area contributed by atoms with Gasteiger partial charge in [0.05, 0.1) is 29.5 Å². The Balaban J connectivity index is 2.63. The fraction of sp³-hybridized carbons (Fsp3) is 0.429. The van der Waals surface area contributed by atoms with Crippen molar-refractivity contribution in [2.75, 3.05) is 11.5 Å². The number of carbonyl (C=O) groups excluding carboxylic acids is 1. The van der Waals surface area contributed by atoms with Gasteiger partial charge in [0.15, 0.2) is 0 Å². The number of alkyl halides is 3. The van der Waals surface area contributed by atoms with Gasteiger partial charge in [-0.15, -0.1) is 0 Å². The van der Waals surface area contributed by atoms with E-state index in [0.717, 1.165) is 11.0 Å². The SMILES string of the molecule is Cc1c(N2C(=O)O[C@@H](C)[C@@H]2CO)ccc(C#N)c1C(F)(F)F. The van der Waals surface area contributed by atoms with Crippen molar-refractivity contribution in [2.45, 2.75) is 32.2 Å². The number of carbonyl (C=O) groups is 1. The van der Waals surface area contributed by atoms with Crippen LogP contribution in [0, 0.1) is 18.3 Å². The fourth-order valence-corrected chi connectivity index (χ4v) is 2.57. The minimum atomic E-state index is -4.73. The molecule has 0 aliphatic carbocycles. The molecule has 22 heavy (non-hydrogen) atoms.